The Morgan fingerprint density at radius 2 is 1.74 bits per heavy atom. The molecular weight excluding hydrogens is 414 g/mol. The van der Waals surface area contributed by atoms with Crippen molar-refractivity contribution >= 4 is 29.1 Å². The van der Waals surface area contributed by atoms with Gasteiger partial charge in [-0.2, -0.15) is 0 Å². The van der Waals surface area contributed by atoms with Crippen molar-refractivity contribution in [1.29, 1.82) is 0 Å². The van der Waals surface area contributed by atoms with E-state index < -0.39 is 6.04 Å². The van der Waals surface area contributed by atoms with Gasteiger partial charge in [0.25, 0.3) is 11.8 Å². The summed E-state index contributed by atoms with van der Waals surface area (Å²) in [5.74, 6) is 0.143. The van der Waals surface area contributed by atoms with Crippen molar-refractivity contribution in [3.8, 4) is 5.75 Å². The van der Waals surface area contributed by atoms with Gasteiger partial charge in [0, 0.05) is 24.7 Å². The highest BCUT2D eigenvalue weighted by molar-refractivity contribution is 7.12. The quantitative estimate of drug-likeness (QED) is 0.689. The van der Waals surface area contributed by atoms with Gasteiger partial charge in [-0.05, 0) is 68.3 Å². The molecule has 3 amide bonds. The number of benzene rings is 1. The summed E-state index contributed by atoms with van der Waals surface area (Å²) in [6, 6.07) is 9.78. The molecule has 0 spiro atoms. The Bertz CT molecular complexity index is 888. The molecule has 2 aromatic rings. The normalized spacial score (nSPS) is 15.4. The minimum atomic E-state index is -0.656. The van der Waals surface area contributed by atoms with Crippen molar-refractivity contribution in [2.24, 2.45) is 5.92 Å². The van der Waals surface area contributed by atoms with Crippen LogP contribution in [-0.2, 0) is 4.79 Å². The van der Waals surface area contributed by atoms with Crippen LogP contribution in [0.3, 0.4) is 0 Å². The van der Waals surface area contributed by atoms with E-state index in [-0.39, 0.29) is 29.7 Å². The number of likely N-dealkylation sites (tertiary alicyclic amines) is 1. The number of hydrogen-bond donors (Lipinski definition) is 2. The van der Waals surface area contributed by atoms with Gasteiger partial charge >= 0.3 is 0 Å². The summed E-state index contributed by atoms with van der Waals surface area (Å²) in [4.78, 5) is 40.9. The number of nitrogens with zero attached hydrogens (tertiary/aromatic N) is 1. The van der Waals surface area contributed by atoms with Crippen LogP contribution in [0, 0.1) is 5.92 Å². The van der Waals surface area contributed by atoms with Gasteiger partial charge in [-0.25, -0.2) is 0 Å². The molecule has 166 valence electrons. The van der Waals surface area contributed by atoms with E-state index in [9.17, 15) is 14.4 Å². The van der Waals surface area contributed by atoms with Gasteiger partial charge in [0.1, 0.15) is 11.8 Å². The van der Waals surface area contributed by atoms with E-state index in [2.05, 4.69) is 10.6 Å². The first-order valence-electron chi connectivity index (χ1n) is 10.5. The topological polar surface area (TPSA) is 87.7 Å². The zero-order chi connectivity index (χ0) is 22.4. The molecule has 1 saturated heterocycles. The summed E-state index contributed by atoms with van der Waals surface area (Å²) in [6.07, 6.45) is 1.30. The minimum Gasteiger partial charge on any atom is -0.497 e. The van der Waals surface area contributed by atoms with E-state index >= 15 is 0 Å². The highest BCUT2D eigenvalue weighted by Gasteiger charge is 2.34. The van der Waals surface area contributed by atoms with Gasteiger partial charge in [-0.3, -0.25) is 14.4 Å². The van der Waals surface area contributed by atoms with Crippen LogP contribution >= 0.6 is 11.3 Å². The Hall–Kier alpha value is -2.87. The molecule has 2 heterocycles. The van der Waals surface area contributed by atoms with Gasteiger partial charge in [0.2, 0.25) is 5.91 Å². The highest BCUT2D eigenvalue weighted by Crippen LogP contribution is 2.24. The van der Waals surface area contributed by atoms with Crippen molar-refractivity contribution in [2.75, 3.05) is 20.2 Å². The Morgan fingerprint density at radius 1 is 1.06 bits per heavy atom. The van der Waals surface area contributed by atoms with Crippen LogP contribution in [-0.4, -0.2) is 54.9 Å². The number of carbonyl (C=O) groups excluding carboxylic acids is 3. The number of amides is 3. The predicted octanol–water partition coefficient (Wildman–Crippen LogP) is 2.93. The van der Waals surface area contributed by atoms with Crippen molar-refractivity contribution in [2.45, 2.75) is 38.8 Å². The second kappa shape index (κ2) is 10.4. The van der Waals surface area contributed by atoms with Crippen molar-refractivity contribution in [3.05, 3.63) is 52.2 Å². The second-order valence-electron chi connectivity index (χ2n) is 7.95. The number of rotatable bonds is 7. The number of hydrogen-bond acceptors (Lipinski definition) is 5. The standard InChI is InChI=1S/C23H29N3O4S/c1-15(2)24-22(28)20(25-21(27)17-6-8-18(30-3)9-7-17)16-10-12-26(13-11-16)23(29)19-5-4-14-31-19/h4-9,14-16,20H,10-13H2,1-3H3,(H,24,28)(H,25,27)/t20-/m0/s1. The molecule has 1 fully saturated rings. The Kier molecular flexibility index (Phi) is 7.68. The zero-order valence-corrected chi connectivity index (χ0v) is 18.9. The van der Waals surface area contributed by atoms with E-state index in [1.807, 2.05) is 36.3 Å². The van der Waals surface area contributed by atoms with Crippen LogP contribution in [0.2, 0.25) is 0 Å². The van der Waals surface area contributed by atoms with Crippen LogP contribution < -0.4 is 15.4 Å². The van der Waals surface area contributed by atoms with E-state index in [4.69, 9.17) is 4.74 Å². The molecule has 7 nitrogen and oxygen atoms in total. The van der Waals surface area contributed by atoms with E-state index in [0.29, 0.717) is 37.2 Å². The third kappa shape index (κ3) is 5.85. The molecule has 8 heteroatoms. The maximum Gasteiger partial charge on any atom is 0.263 e. The fourth-order valence-corrected chi connectivity index (χ4v) is 4.42. The number of carbonyl (C=O) groups is 3. The van der Waals surface area contributed by atoms with E-state index in [0.717, 1.165) is 4.88 Å². The monoisotopic (exact) mass is 443 g/mol. The molecule has 0 bridgehead atoms. The maximum atomic E-state index is 12.9. The SMILES string of the molecule is COc1ccc(C(=O)N[C@H](C(=O)NC(C)C)C2CCN(C(=O)c3cccs3)CC2)cc1. The first-order valence-corrected chi connectivity index (χ1v) is 11.3. The fourth-order valence-electron chi connectivity index (χ4n) is 3.73. The molecule has 1 aliphatic heterocycles. The summed E-state index contributed by atoms with van der Waals surface area (Å²) in [6.45, 7) is 4.90. The van der Waals surface area contributed by atoms with Gasteiger partial charge in [0.15, 0.2) is 0 Å². The first kappa shape index (κ1) is 22.8. The Morgan fingerprint density at radius 3 is 2.29 bits per heavy atom. The smallest absolute Gasteiger partial charge is 0.263 e. The lowest BCUT2D eigenvalue weighted by atomic mass is 9.88. The van der Waals surface area contributed by atoms with Crippen molar-refractivity contribution in [3.63, 3.8) is 0 Å². The summed E-state index contributed by atoms with van der Waals surface area (Å²) in [5.41, 5.74) is 0.466. The second-order valence-corrected chi connectivity index (χ2v) is 8.90. The number of methoxy groups -OCH3 is 1. The van der Waals surface area contributed by atoms with Crippen LogP contribution in [0.15, 0.2) is 41.8 Å². The molecule has 3 rings (SSSR count). The summed E-state index contributed by atoms with van der Waals surface area (Å²) in [7, 11) is 1.57. The van der Waals surface area contributed by atoms with Gasteiger partial charge in [0.05, 0.1) is 12.0 Å². The summed E-state index contributed by atoms with van der Waals surface area (Å²) in [5, 5.41) is 7.73. The van der Waals surface area contributed by atoms with E-state index in [1.54, 1.807) is 31.4 Å². The lowest BCUT2D eigenvalue weighted by Crippen LogP contribution is -2.54. The molecule has 2 N–H and O–H groups in total. The van der Waals surface area contributed by atoms with Crippen molar-refractivity contribution in [1.82, 2.24) is 15.5 Å². The third-order valence-electron chi connectivity index (χ3n) is 5.38. The molecule has 0 radical (unpaired) electrons. The molecule has 31 heavy (non-hydrogen) atoms. The van der Waals surface area contributed by atoms with Crippen LogP contribution in [0.5, 0.6) is 5.75 Å². The molecule has 1 aliphatic rings. The maximum absolute atomic E-state index is 12.9. The summed E-state index contributed by atoms with van der Waals surface area (Å²) < 4.78 is 5.14. The largest absolute Gasteiger partial charge is 0.497 e. The number of ether oxygens (including phenoxy) is 1. The van der Waals surface area contributed by atoms with Crippen LogP contribution in [0.25, 0.3) is 0 Å². The molecule has 1 aromatic carbocycles. The Balaban J connectivity index is 1.68. The molecular formula is C23H29N3O4S. The highest BCUT2D eigenvalue weighted by atomic mass is 32.1. The predicted molar refractivity (Wildman–Crippen MR) is 120 cm³/mol. The first-order chi connectivity index (χ1) is 14.9. The molecule has 1 aromatic heterocycles. The van der Waals surface area contributed by atoms with Gasteiger partial charge in [-0.15, -0.1) is 11.3 Å². The Labute approximate surface area is 186 Å². The van der Waals surface area contributed by atoms with Gasteiger partial charge < -0.3 is 20.3 Å². The average molecular weight is 444 g/mol. The lowest BCUT2D eigenvalue weighted by molar-refractivity contribution is -0.125. The van der Waals surface area contributed by atoms with Crippen molar-refractivity contribution < 1.29 is 19.1 Å². The summed E-state index contributed by atoms with van der Waals surface area (Å²) >= 11 is 1.43. The van der Waals surface area contributed by atoms with Gasteiger partial charge in [-0.1, -0.05) is 6.07 Å². The number of piperidine rings is 1. The third-order valence-corrected chi connectivity index (χ3v) is 6.24. The zero-order valence-electron chi connectivity index (χ0n) is 18.1. The molecule has 0 unspecified atom stereocenters. The van der Waals surface area contributed by atoms with E-state index in [1.165, 1.54) is 11.3 Å². The number of thiophene rings is 1. The minimum absolute atomic E-state index is 0.0268. The number of nitrogens with one attached hydrogen (secondary N) is 2. The molecule has 1 atom stereocenters. The lowest BCUT2D eigenvalue weighted by Gasteiger charge is -2.36. The van der Waals surface area contributed by atoms with Crippen LogP contribution in [0.1, 0.15) is 46.7 Å². The van der Waals surface area contributed by atoms with Crippen LogP contribution in [0.4, 0.5) is 0 Å². The average Bonchev–Trinajstić information content (AvgIpc) is 3.31. The molecule has 0 saturated carbocycles. The fraction of sp³-hybridized carbons (Fsp3) is 0.435. The molecule has 0 aliphatic carbocycles.